The van der Waals surface area contributed by atoms with Gasteiger partial charge in [-0.3, -0.25) is 24.0 Å². The maximum absolute atomic E-state index is 11.4. The van der Waals surface area contributed by atoms with Gasteiger partial charge in [0.2, 0.25) is 6.29 Å². The number of ether oxygens (including phenoxy) is 14. The number of ketones is 1. The first-order valence-electron chi connectivity index (χ1n) is 34.7. The lowest BCUT2D eigenvalue weighted by atomic mass is 9.80. The van der Waals surface area contributed by atoms with Crippen LogP contribution in [0.15, 0.2) is 182 Å². The summed E-state index contributed by atoms with van der Waals surface area (Å²) in [6.07, 6.45) is -2.21. The second kappa shape index (κ2) is 40.4. The Morgan fingerprint density at radius 2 is 0.777 bits per heavy atom. The summed E-state index contributed by atoms with van der Waals surface area (Å²) in [5.74, 6) is -4.45. The molecule has 0 amide bonds. The Morgan fingerprint density at radius 3 is 1.11 bits per heavy atom. The van der Waals surface area contributed by atoms with Gasteiger partial charge in [0.25, 0.3) is 5.97 Å². The van der Waals surface area contributed by atoms with Crippen LogP contribution in [0.1, 0.15) is 162 Å². The van der Waals surface area contributed by atoms with Crippen LogP contribution in [0.2, 0.25) is 0 Å². The zero-order valence-electron chi connectivity index (χ0n) is 60.4. The van der Waals surface area contributed by atoms with Crippen molar-refractivity contribution in [1.82, 2.24) is 0 Å². The molecule has 0 bridgehead atoms. The topological polar surface area (TPSA) is 272 Å². The van der Waals surface area contributed by atoms with Crippen molar-refractivity contribution >= 4 is 35.6 Å². The molecular weight excluding hydrogens is 1320 g/mol. The third kappa shape index (κ3) is 23.8. The molecule has 22 heteroatoms. The van der Waals surface area contributed by atoms with Gasteiger partial charge in [0.1, 0.15) is 59.7 Å². The Hall–Kier alpha value is -7.94. The largest absolute Gasteiger partial charge is 0.481 e. The number of aliphatic hydroxyl groups excluding tert-OH is 1. The lowest BCUT2D eigenvalue weighted by molar-refractivity contribution is -0.227. The Balaban J connectivity index is 0.000000229. The van der Waals surface area contributed by atoms with Gasteiger partial charge in [0.05, 0.1) is 19.3 Å². The van der Waals surface area contributed by atoms with Gasteiger partial charge in [-0.05, 0) is 87.3 Å². The number of benzene rings is 6. The van der Waals surface area contributed by atoms with E-state index in [9.17, 15) is 29.1 Å². The first kappa shape index (κ1) is 84.0. The highest BCUT2D eigenvalue weighted by Gasteiger charge is 2.57. The minimum atomic E-state index is -1.01. The third-order valence-electron chi connectivity index (χ3n) is 16.7. The molecule has 6 aromatic rings. The van der Waals surface area contributed by atoms with Crippen LogP contribution in [0.3, 0.4) is 0 Å². The van der Waals surface area contributed by atoms with Crippen molar-refractivity contribution in [1.29, 1.82) is 0 Å². The van der Waals surface area contributed by atoms with Crippen molar-refractivity contribution in [2.45, 2.75) is 226 Å². The maximum Gasteiger partial charge on any atom is 0.310 e. The summed E-state index contributed by atoms with van der Waals surface area (Å²) in [6, 6.07) is 61.5. The Kier molecular flexibility index (Phi) is 32.9. The van der Waals surface area contributed by atoms with Crippen LogP contribution in [0.5, 0.6) is 0 Å². The highest BCUT2D eigenvalue weighted by Crippen LogP contribution is 2.46. The van der Waals surface area contributed by atoms with Crippen molar-refractivity contribution < 1.29 is 105 Å². The summed E-state index contributed by atoms with van der Waals surface area (Å²) < 4.78 is 82.2. The van der Waals surface area contributed by atoms with Gasteiger partial charge in [-0.2, -0.15) is 0 Å². The van der Waals surface area contributed by atoms with Gasteiger partial charge in [0.15, 0.2) is 30.3 Å². The van der Waals surface area contributed by atoms with E-state index in [1.165, 1.54) is 34.6 Å². The molecule has 0 aromatic heterocycles. The van der Waals surface area contributed by atoms with E-state index >= 15 is 0 Å². The number of rotatable bonds is 25. The van der Waals surface area contributed by atoms with Crippen LogP contribution in [0, 0.1) is 0 Å². The van der Waals surface area contributed by atoms with E-state index in [-0.39, 0.29) is 38.1 Å². The van der Waals surface area contributed by atoms with E-state index in [1.54, 1.807) is 0 Å². The fourth-order valence-corrected chi connectivity index (χ4v) is 12.5. The molecule has 5 fully saturated rings. The van der Waals surface area contributed by atoms with Crippen LogP contribution >= 0.6 is 0 Å². The zero-order valence-corrected chi connectivity index (χ0v) is 60.4. The lowest BCUT2D eigenvalue weighted by Gasteiger charge is -2.37. The molecule has 0 saturated carbocycles. The number of aliphatic hydroxyl groups is 1. The smallest absolute Gasteiger partial charge is 0.310 e. The van der Waals surface area contributed by atoms with Crippen molar-refractivity contribution in [3.63, 3.8) is 0 Å². The molecule has 0 aliphatic carbocycles. The van der Waals surface area contributed by atoms with Crippen LogP contribution < -0.4 is 0 Å². The van der Waals surface area contributed by atoms with Gasteiger partial charge in [-0.25, -0.2) is 0 Å². The molecule has 0 radical (unpaired) electrons. The summed E-state index contributed by atoms with van der Waals surface area (Å²) in [5, 5.41) is 18.3. The molecule has 5 aliphatic rings. The molecule has 5 saturated heterocycles. The molecule has 12 atom stereocenters. The second-order valence-electron chi connectivity index (χ2n) is 25.9. The number of hydrogen-bond donors (Lipinski definition) is 2. The monoisotopic (exact) mass is 1430 g/mol. The number of aliphatic carboxylic acids is 1. The fourth-order valence-electron chi connectivity index (χ4n) is 12.5. The number of Topliss-reactive ketones (excluding diaryl/α,β-unsaturated/α-hetero) is 1. The van der Waals surface area contributed by atoms with Crippen LogP contribution in [-0.4, -0.2) is 158 Å². The number of hydrogen-bond acceptors (Lipinski definition) is 21. The van der Waals surface area contributed by atoms with Gasteiger partial charge >= 0.3 is 23.9 Å². The highest BCUT2D eigenvalue weighted by atomic mass is 16.9. The average molecular weight is 1430 g/mol. The molecule has 5 heterocycles. The predicted octanol–water partition coefficient (Wildman–Crippen LogP) is 12.9. The maximum atomic E-state index is 11.4. The van der Waals surface area contributed by atoms with Crippen molar-refractivity contribution in [3.05, 3.63) is 215 Å². The van der Waals surface area contributed by atoms with E-state index in [0.717, 1.165) is 66.0 Å². The zero-order chi connectivity index (χ0) is 74.0. The highest BCUT2D eigenvalue weighted by molar-refractivity contribution is 5.82. The number of esters is 4. The van der Waals surface area contributed by atoms with Crippen molar-refractivity contribution in [3.8, 4) is 0 Å². The molecule has 560 valence electrons. The van der Waals surface area contributed by atoms with E-state index < -0.39 is 108 Å². The van der Waals surface area contributed by atoms with Crippen LogP contribution in [0.4, 0.5) is 0 Å². The minimum Gasteiger partial charge on any atom is -0.481 e. The first-order valence-corrected chi connectivity index (χ1v) is 34.7. The van der Waals surface area contributed by atoms with Crippen LogP contribution in [-0.2, 0) is 106 Å². The van der Waals surface area contributed by atoms with Crippen molar-refractivity contribution in [2.75, 3.05) is 26.4 Å². The molecule has 22 nitrogen and oxygen atoms in total. The lowest BCUT2D eigenvalue weighted by Crippen LogP contribution is -2.42. The molecule has 103 heavy (non-hydrogen) atoms. The second-order valence-corrected chi connectivity index (χ2v) is 25.9. The van der Waals surface area contributed by atoms with Gasteiger partial charge < -0.3 is 81.3 Å². The fraction of sp³-hybridized carbons (Fsp3) is 0.481. The Labute approximate surface area is 605 Å². The van der Waals surface area contributed by atoms with E-state index in [1.807, 2.05) is 107 Å². The molecule has 1 unspecified atom stereocenters. The SMILES string of the molecule is C.CC(=O)O.CC(=O)OC(C)=O.CC1(C)O[C@H]2O[C@H](COC(c3ccccc3)(c3ccccc3)c3ccccc3)[C@H](O)[C@H]2O1.CCCCO[C@@H]1[C@H]2OC(C)(C)O[C@H]2O[C@@H]1COC(c1ccccc1)(c1ccccc1)c1ccccc1.CCCCO[C@H]1[C@@H](CCC(C)=O)OC(OC(C)=O)[C@@H]1OC(C)=O. The minimum absolute atomic E-state index is 0. The van der Waals surface area contributed by atoms with Gasteiger partial charge in [-0.1, -0.05) is 216 Å². The third-order valence-corrected chi connectivity index (χ3v) is 16.7. The Bertz CT molecular complexity index is 3320. The molecular formula is C81H104O22. The first-order chi connectivity index (χ1) is 48.7. The molecule has 11 rings (SSSR count). The van der Waals surface area contributed by atoms with E-state index in [2.05, 4.69) is 121 Å². The van der Waals surface area contributed by atoms with Crippen LogP contribution in [0.25, 0.3) is 0 Å². The summed E-state index contributed by atoms with van der Waals surface area (Å²) in [5.41, 5.74) is 4.47. The summed E-state index contributed by atoms with van der Waals surface area (Å²) in [7, 11) is 0. The number of carboxylic acid groups (broad SMARTS) is 1. The quantitative estimate of drug-likeness (QED) is 0.0177. The van der Waals surface area contributed by atoms with E-state index in [0.29, 0.717) is 32.7 Å². The molecule has 2 N–H and O–H groups in total. The average Bonchev–Trinajstić information content (AvgIpc) is 1.15. The number of fused-ring (bicyclic) bond motifs is 2. The summed E-state index contributed by atoms with van der Waals surface area (Å²) in [6.45, 7) is 20.7. The number of carbonyl (C=O) groups is 6. The van der Waals surface area contributed by atoms with Gasteiger partial charge in [-0.15, -0.1) is 0 Å². The number of carboxylic acids is 1. The van der Waals surface area contributed by atoms with E-state index in [4.69, 9.17) is 71.5 Å². The molecule has 6 aromatic carbocycles. The number of unbranched alkanes of at least 4 members (excludes halogenated alkanes) is 2. The Morgan fingerprint density at radius 1 is 0.437 bits per heavy atom. The molecule has 0 spiro atoms. The standard InChI is InChI=1S/C31H36O5.C27H28O5.C16H26O7.C4H6O3.C2H4O2.CH4/c1-4-5-21-32-27-26(34-29-28(27)35-30(2,3)36-29)22-33-31(23-15-9-6-10-16-23,24-17-11-7-12-18-24)25-19-13-8-14-20-25;1-26(2)31-24-23(28)22(30-25(24)32-26)18-29-27(19-12-6-3-7-13-19,20-14-8-4-9-15-20)21-16-10-5-11-17-21;1-5-6-9-20-14-13(8-7-10(2)17)23-16(22-12(4)19)15(14)21-11(3)18;1-3(5)7-4(2)6;1-2(3)4;/h6-20,26-29H,4-5,21-22H2,1-3H3;3-17,22-25,28H,18H2,1-2H3;13-16H,5-9H2,1-4H3;1-2H3;1H3,(H,3,4);1H4/t26-,27+,28-,29-;22-,23+,24-,25-;13-,14+,15-,16?;;;/m111.../s1. The predicted molar refractivity (Wildman–Crippen MR) is 381 cm³/mol. The summed E-state index contributed by atoms with van der Waals surface area (Å²) in [4.78, 5) is 62.4. The normalized spacial score (nSPS) is 23.8. The molecule has 5 aliphatic heterocycles. The summed E-state index contributed by atoms with van der Waals surface area (Å²) >= 11 is 0. The van der Waals surface area contributed by atoms with Gasteiger partial charge in [0, 0.05) is 54.3 Å². The van der Waals surface area contributed by atoms with Crippen molar-refractivity contribution in [2.24, 2.45) is 0 Å². The number of carbonyl (C=O) groups excluding carboxylic acids is 5.